The van der Waals surface area contributed by atoms with Crippen LogP contribution in [0.2, 0.25) is 0 Å². The molecule has 2 aliphatic heterocycles. The molecule has 0 spiro atoms. The molecule has 3 heteroatoms. The van der Waals surface area contributed by atoms with E-state index in [2.05, 4.69) is 49.2 Å². The van der Waals surface area contributed by atoms with Crippen molar-refractivity contribution in [3.05, 3.63) is 23.8 Å². The van der Waals surface area contributed by atoms with Crippen LogP contribution in [0.4, 0.5) is 5.69 Å². The molecule has 1 N–H and O–H groups in total. The minimum atomic E-state index is 0.231. The number of benzene rings is 1. The number of anilines is 1. The lowest BCUT2D eigenvalue weighted by Crippen LogP contribution is -2.42. The van der Waals surface area contributed by atoms with Crippen molar-refractivity contribution in [1.82, 2.24) is 4.90 Å². The fraction of sp³-hybridized carbons (Fsp3) is 0.667. The molecule has 1 aromatic carbocycles. The smallest absolute Gasteiger partial charge is 0.120 e. The highest BCUT2D eigenvalue weighted by atomic mass is 16.5. The zero-order valence-electron chi connectivity index (χ0n) is 13.6. The average Bonchev–Trinajstić information content (AvgIpc) is 2.88. The van der Waals surface area contributed by atoms with E-state index in [4.69, 9.17) is 4.74 Å². The summed E-state index contributed by atoms with van der Waals surface area (Å²) in [4.78, 5) is 2.67. The number of fused-ring (bicyclic) bond motifs is 1. The van der Waals surface area contributed by atoms with Gasteiger partial charge in [0.2, 0.25) is 0 Å². The molecule has 2 atom stereocenters. The van der Waals surface area contributed by atoms with Gasteiger partial charge in [-0.3, -0.25) is 0 Å². The minimum Gasteiger partial charge on any atom is -0.491 e. The molecule has 2 fully saturated rings. The van der Waals surface area contributed by atoms with Crippen LogP contribution in [-0.2, 0) is 0 Å². The molecular weight excluding hydrogens is 260 g/mol. The first-order valence-corrected chi connectivity index (χ1v) is 8.39. The van der Waals surface area contributed by atoms with Gasteiger partial charge < -0.3 is 15.0 Å². The van der Waals surface area contributed by atoms with Gasteiger partial charge in [-0.25, -0.2) is 0 Å². The molecular formula is C18H28N2O. The number of nitrogens with zero attached hydrogens (tertiary/aromatic N) is 1. The topological polar surface area (TPSA) is 24.5 Å². The van der Waals surface area contributed by atoms with E-state index in [1.54, 1.807) is 0 Å². The second-order valence-corrected chi connectivity index (χ2v) is 6.84. The Bertz CT molecular complexity index is 486. The summed E-state index contributed by atoms with van der Waals surface area (Å²) in [6, 6.07) is 7.85. The van der Waals surface area contributed by atoms with Crippen molar-refractivity contribution in [2.45, 2.75) is 64.6 Å². The van der Waals surface area contributed by atoms with Gasteiger partial charge in [-0.2, -0.15) is 0 Å². The number of aryl methyl sites for hydroxylation is 1. The SMILES string of the molecule is Cc1cc(OC(C)C)ccc1NC1CCN2CCCC2C1. The number of rotatable bonds is 4. The highest BCUT2D eigenvalue weighted by Gasteiger charge is 2.31. The first-order valence-electron chi connectivity index (χ1n) is 8.39. The van der Waals surface area contributed by atoms with Crippen molar-refractivity contribution in [1.29, 1.82) is 0 Å². The predicted octanol–water partition coefficient (Wildman–Crippen LogP) is 3.82. The third-order valence-corrected chi connectivity index (χ3v) is 4.75. The van der Waals surface area contributed by atoms with Crippen molar-refractivity contribution >= 4 is 5.69 Å². The second kappa shape index (κ2) is 6.27. The molecule has 3 nitrogen and oxygen atoms in total. The van der Waals surface area contributed by atoms with E-state index < -0.39 is 0 Å². The molecule has 0 saturated carbocycles. The van der Waals surface area contributed by atoms with Crippen molar-refractivity contribution < 1.29 is 4.74 Å². The molecule has 116 valence electrons. The van der Waals surface area contributed by atoms with Crippen LogP contribution in [0.1, 0.15) is 45.1 Å². The van der Waals surface area contributed by atoms with E-state index in [0.717, 1.165) is 11.8 Å². The van der Waals surface area contributed by atoms with E-state index in [1.165, 1.54) is 50.0 Å². The Labute approximate surface area is 128 Å². The average molecular weight is 288 g/mol. The first-order chi connectivity index (χ1) is 10.1. The Hall–Kier alpha value is -1.22. The van der Waals surface area contributed by atoms with Crippen LogP contribution in [0.15, 0.2) is 18.2 Å². The maximum absolute atomic E-state index is 5.76. The Morgan fingerprint density at radius 2 is 2.10 bits per heavy atom. The number of piperidine rings is 1. The van der Waals surface area contributed by atoms with E-state index in [-0.39, 0.29) is 6.10 Å². The Morgan fingerprint density at radius 1 is 1.24 bits per heavy atom. The zero-order chi connectivity index (χ0) is 14.8. The molecule has 0 aromatic heterocycles. The van der Waals surface area contributed by atoms with Crippen LogP contribution in [0.25, 0.3) is 0 Å². The molecule has 21 heavy (non-hydrogen) atoms. The molecule has 0 bridgehead atoms. The van der Waals surface area contributed by atoms with Gasteiger partial charge in [-0.1, -0.05) is 0 Å². The van der Waals surface area contributed by atoms with Crippen LogP contribution >= 0.6 is 0 Å². The summed E-state index contributed by atoms with van der Waals surface area (Å²) in [7, 11) is 0. The van der Waals surface area contributed by atoms with E-state index in [1.807, 2.05) is 0 Å². The Morgan fingerprint density at radius 3 is 2.86 bits per heavy atom. The van der Waals surface area contributed by atoms with Crippen molar-refractivity contribution in [3.63, 3.8) is 0 Å². The number of ether oxygens (including phenoxy) is 1. The Balaban J connectivity index is 1.62. The third kappa shape index (κ3) is 3.52. The fourth-order valence-corrected chi connectivity index (χ4v) is 3.72. The fourth-order valence-electron chi connectivity index (χ4n) is 3.72. The largest absolute Gasteiger partial charge is 0.491 e. The van der Waals surface area contributed by atoms with Crippen LogP contribution in [0.3, 0.4) is 0 Å². The van der Waals surface area contributed by atoms with Crippen molar-refractivity contribution in [3.8, 4) is 5.75 Å². The summed E-state index contributed by atoms with van der Waals surface area (Å²) < 4.78 is 5.76. The van der Waals surface area contributed by atoms with E-state index >= 15 is 0 Å². The van der Waals surface area contributed by atoms with Gasteiger partial charge in [0.15, 0.2) is 0 Å². The first kappa shape index (κ1) is 14.7. The standard InChI is InChI=1S/C18H28N2O/c1-13(2)21-17-6-7-18(14(3)11-17)19-15-8-10-20-9-4-5-16(20)12-15/h6-7,11,13,15-16,19H,4-5,8-10,12H2,1-3H3. The van der Waals surface area contributed by atoms with Crippen LogP contribution in [0, 0.1) is 6.92 Å². The molecule has 2 saturated heterocycles. The van der Waals surface area contributed by atoms with Gasteiger partial charge in [0.25, 0.3) is 0 Å². The van der Waals surface area contributed by atoms with Crippen LogP contribution in [0.5, 0.6) is 5.75 Å². The lowest BCUT2D eigenvalue weighted by atomic mass is 9.97. The summed E-state index contributed by atoms with van der Waals surface area (Å²) in [5.74, 6) is 0.971. The second-order valence-electron chi connectivity index (χ2n) is 6.84. The molecule has 3 rings (SSSR count). The molecule has 2 aliphatic rings. The van der Waals surface area contributed by atoms with Crippen LogP contribution in [-0.4, -0.2) is 36.2 Å². The van der Waals surface area contributed by atoms with E-state index in [9.17, 15) is 0 Å². The maximum atomic E-state index is 5.76. The van der Waals surface area contributed by atoms with E-state index in [0.29, 0.717) is 6.04 Å². The normalized spacial score (nSPS) is 25.9. The third-order valence-electron chi connectivity index (χ3n) is 4.75. The molecule has 0 radical (unpaired) electrons. The predicted molar refractivity (Wildman–Crippen MR) is 88.2 cm³/mol. The summed E-state index contributed by atoms with van der Waals surface area (Å²) in [6.07, 6.45) is 5.56. The van der Waals surface area contributed by atoms with Gasteiger partial charge in [0.05, 0.1) is 6.10 Å². The number of nitrogens with one attached hydrogen (secondary N) is 1. The number of hydrogen-bond donors (Lipinski definition) is 1. The van der Waals surface area contributed by atoms with Crippen LogP contribution < -0.4 is 10.1 Å². The van der Waals surface area contributed by atoms with Gasteiger partial charge in [0, 0.05) is 24.3 Å². The summed E-state index contributed by atoms with van der Waals surface area (Å²) in [5.41, 5.74) is 2.55. The lowest BCUT2D eigenvalue weighted by molar-refractivity contribution is 0.188. The monoisotopic (exact) mass is 288 g/mol. The van der Waals surface area contributed by atoms with Gasteiger partial charge in [0.1, 0.15) is 5.75 Å². The molecule has 1 aromatic rings. The highest BCUT2D eigenvalue weighted by molar-refractivity contribution is 5.54. The van der Waals surface area contributed by atoms with Gasteiger partial charge in [-0.15, -0.1) is 0 Å². The summed E-state index contributed by atoms with van der Waals surface area (Å²) >= 11 is 0. The van der Waals surface area contributed by atoms with Crippen molar-refractivity contribution in [2.24, 2.45) is 0 Å². The number of hydrogen-bond acceptors (Lipinski definition) is 3. The summed E-state index contributed by atoms with van der Waals surface area (Å²) in [6.45, 7) is 8.88. The molecule has 0 aliphatic carbocycles. The molecule has 2 unspecified atom stereocenters. The highest BCUT2D eigenvalue weighted by Crippen LogP contribution is 2.30. The minimum absolute atomic E-state index is 0.231. The zero-order valence-corrected chi connectivity index (χ0v) is 13.6. The van der Waals surface area contributed by atoms with Gasteiger partial charge in [-0.05, 0) is 76.8 Å². The maximum Gasteiger partial charge on any atom is 0.120 e. The summed E-state index contributed by atoms with van der Waals surface area (Å²) in [5, 5.41) is 3.76. The van der Waals surface area contributed by atoms with Crippen molar-refractivity contribution in [2.75, 3.05) is 18.4 Å². The lowest BCUT2D eigenvalue weighted by Gasteiger charge is -2.35. The quantitative estimate of drug-likeness (QED) is 0.911. The van der Waals surface area contributed by atoms with Gasteiger partial charge >= 0.3 is 0 Å². The molecule has 0 amide bonds. The molecule has 2 heterocycles. The Kier molecular flexibility index (Phi) is 4.39.